The number of aryl methyl sites for hydroxylation is 1. The number of nitrogens with zero attached hydrogens (tertiary/aromatic N) is 1. The third-order valence-corrected chi connectivity index (χ3v) is 4.29. The lowest BCUT2D eigenvalue weighted by molar-refractivity contribution is -0.126. The molecule has 5 heteroatoms. The summed E-state index contributed by atoms with van der Waals surface area (Å²) in [5, 5.41) is 6.19. The number of anilines is 1. The predicted molar refractivity (Wildman–Crippen MR) is 92.4 cm³/mol. The Morgan fingerprint density at radius 1 is 1.30 bits per heavy atom. The van der Waals surface area contributed by atoms with Gasteiger partial charge in [0, 0.05) is 31.2 Å². The van der Waals surface area contributed by atoms with Crippen LogP contribution in [0.25, 0.3) is 0 Å². The van der Waals surface area contributed by atoms with Crippen molar-refractivity contribution in [1.29, 1.82) is 0 Å². The Kier molecular flexibility index (Phi) is 6.16. The van der Waals surface area contributed by atoms with E-state index < -0.39 is 0 Å². The Balaban J connectivity index is 1.92. The molecule has 5 nitrogen and oxygen atoms in total. The zero-order chi connectivity index (χ0) is 16.8. The number of rotatable bonds is 7. The highest BCUT2D eigenvalue weighted by Gasteiger charge is 2.35. The maximum Gasteiger partial charge on any atom is 0.227 e. The Bertz CT molecular complexity index is 542. The van der Waals surface area contributed by atoms with Gasteiger partial charge in [-0.05, 0) is 37.6 Å². The smallest absolute Gasteiger partial charge is 0.227 e. The van der Waals surface area contributed by atoms with Crippen molar-refractivity contribution in [3.63, 3.8) is 0 Å². The van der Waals surface area contributed by atoms with Gasteiger partial charge >= 0.3 is 0 Å². The van der Waals surface area contributed by atoms with Crippen LogP contribution in [0.3, 0.4) is 0 Å². The van der Waals surface area contributed by atoms with Gasteiger partial charge in [-0.1, -0.05) is 26.0 Å². The van der Waals surface area contributed by atoms with Crippen LogP contribution in [-0.4, -0.2) is 37.5 Å². The molecule has 0 spiro atoms. The molecule has 1 unspecified atom stereocenters. The van der Waals surface area contributed by atoms with Gasteiger partial charge in [-0.25, -0.2) is 0 Å². The SMILES string of the molecule is CCN[C@H](C)CNC(=O)C1CC(=O)N(c2ccc(CC)cc2)C1. The average Bonchev–Trinajstić information content (AvgIpc) is 2.95. The van der Waals surface area contributed by atoms with Gasteiger partial charge in [0.2, 0.25) is 11.8 Å². The number of likely N-dealkylation sites (N-methyl/N-ethyl adjacent to an activating group) is 1. The molecule has 0 aromatic heterocycles. The van der Waals surface area contributed by atoms with E-state index in [0.717, 1.165) is 18.7 Å². The first-order valence-electron chi connectivity index (χ1n) is 8.45. The molecular weight excluding hydrogens is 290 g/mol. The molecule has 2 N–H and O–H groups in total. The van der Waals surface area contributed by atoms with E-state index in [1.165, 1.54) is 5.56 Å². The van der Waals surface area contributed by atoms with Crippen molar-refractivity contribution < 1.29 is 9.59 Å². The lowest BCUT2D eigenvalue weighted by atomic mass is 10.1. The van der Waals surface area contributed by atoms with E-state index in [9.17, 15) is 9.59 Å². The normalized spacial score (nSPS) is 19.0. The van der Waals surface area contributed by atoms with Gasteiger partial charge in [0.25, 0.3) is 0 Å². The molecule has 0 bridgehead atoms. The van der Waals surface area contributed by atoms with Gasteiger partial charge in [-0.2, -0.15) is 0 Å². The molecule has 0 radical (unpaired) electrons. The quantitative estimate of drug-likeness (QED) is 0.805. The molecule has 126 valence electrons. The monoisotopic (exact) mass is 317 g/mol. The summed E-state index contributed by atoms with van der Waals surface area (Å²) in [6, 6.07) is 8.23. The van der Waals surface area contributed by atoms with Gasteiger partial charge in [-0.15, -0.1) is 0 Å². The fourth-order valence-electron chi connectivity index (χ4n) is 2.86. The molecule has 1 aliphatic rings. The Hall–Kier alpha value is -1.88. The number of benzene rings is 1. The molecule has 1 fully saturated rings. The molecular formula is C18H27N3O2. The van der Waals surface area contributed by atoms with Crippen LogP contribution in [-0.2, 0) is 16.0 Å². The first-order valence-corrected chi connectivity index (χ1v) is 8.45. The molecule has 2 atom stereocenters. The van der Waals surface area contributed by atoms with Crippen LogP contribution in [0.1, 0.15) is 32.8 Å². The maximum atomic E-state index is 12.3. The Morgan fingerprint density at radius 3 is 2.61 bits per heavy atom. The molecule has 0 aliphatic carbocycles. The van der Waals surface area contributed by atoms with E-state index in [0.29, 0.717) is 13.1 Å². The van der Waals surface area contributed by atoms with Crippen LogP contribution < -0.4 is 15.5 Å². The van der Waals surface area contributed by atoms with Crippen molar-refractivity contribution >= 4 is 17.5 Å². The highest BCUT2D eigenvalue weighted by atomic mass is 16.2. The summed E-state index contributed by atoms with van der Waals surface area (Å²) in [6.07, 6.45) is 1.26. The summed E-state index contributed by atoms with van der Waals surface area (Å²) in [6.45, 7) is 8.10. The molecule has 2 amide bonds. The van der Waals surface area contributed by atoms with Crippen LogP contribution in [0.2, 0.25) is 0 Å². The highest BCUT2D eigenvalue weighted by Crippen LogP contribution is 2.25. The molecule has 1 saturated heterocycles. The number of hydrogen-bond acceptors (Lipinski definition) is 3. The van der Waals surface area contributed by atoms with Crippen molar-refractivity contribution in [3.05, 3.63) is 29.8 Å². The first kappa shape index (κ1) is 17.5. The molecule has 1 aliphatic heterocycles. The van der Waals surface area contributed by atoms with Crippen LogP contribution in [0.4, 0.5) is 5.69 Å². The molecule has 1 aromatic rings. The van der Waals surface area contributed by atoms with Crippen LogP contribution >= 0.6 is 0 Å². The van der Waals surface area contributed by atoms with Gasteiger partial charge in [0.15, 0.2) is 0 Å². The van der Waals surface area contributed by atoms with Gasteiger partial charge in [0.05, 0.1) is 5.92 Å². The standard InChI is InChI=1S/C18H27N3O2/c1-4-14-6-8-16(9-7-14)21-12-15(10-17(21)22)18(23)20-11-13(3)19-5-2/h6-9,13,15,19H,4-5,10-12H2,1-3H3,(H,20,23)/t13-,15?/m1/s1. The third-order valence-electron chi connectivity index (χ3n) is 4.29. The minimum atomic E-state index is -0.262. The molecule has 1 heterocycles. The summed E-state index contributed by atoms with van der Waals surface area (Å²) in [5.41, 5.74) is 2.12. The minimum absolute atomic E-state index is 0.0223. The van der Waals surface area contributed by atoms with E-state index in [1.807, 2.05) is 38.1 Å². The van der Waals surface area contributed by atoms with Crippen molar-refractivity contribution in [2.45, 2.75) is 39.7 Å². The molecule has 23 heavy (non-hydrogen) atoms. The van der Waals surface area contributed by atoms with E-state index in [1.54, 1.807) is 4.90 Å². The summed E-state index contributed by atoms with van der Waals surface area (Å²) in [7, 11) is 0. The summed E-state index contributed by atoms with van der Waals surface area (Å²) >= 11 is 0. The second-order valence-corrected chi connectivity index (χ2v) is 6.13. The van der Waals surface area contributed by atoms with Crippen LogP contribution in [0, 0.1) is 5.92 Å². The second kappa shape index (κ2) is 8.11. The van der Waals surface area contributed by atoms with E-state index >= 15 is 0 Å². The van der Waals surface area contributed by atoms with Gasteiger partial charge in [0.1, 0.15) is 0 Å². The topological polar surface area (TPSA) is 61.4 Å². The van der Waals surface area contributed by atoms with E-state index in [4.69, 9.17) is 0 Å². The number of nitrogens with one attached hydrogen (secondary N) is 2. The number of amides is 2. The Labute approximate surface area is 138 Å². The lowest BCUT2D eigenvalue weighted by Crippen LogP contribution is -2.41. The van der Waals surface area contributed by atoms with Gasteiger partial charge in [-0.3, -0.25) is 9.59 Å². The van der Waals surface area contributed by atoms with Crippen molar-refractivity contribution in [1.82, 2.24) is 10.6 Å². The van der Waals surface area contributed by atoms with E-state index in [2.05, 4.69) is 17.6 Å². The first-order chi connectivity index (χ1) is 11.0. The third kappa shape index (κ3) is 4.55. The average molecular weight is 317 g/mol. The highest BCUT2D eigenvalue weighted by molar-refractivity contribution is 6.00. The van der Waals surface area contributed by atoms with Crippen molar-refractivity contribution in [3.8, 4) is 0 Å². The second-order valence-electron chi connectivity index (χ2n) is 6.13. The van der Waals surface area contributed by atoms with Crippen molar-refractivity contribution in [2.75, 3.05) is 24.5 Å². The maximum absolute atomic E-state index is 12.3. The number of hydrogen-bond donors (Lipinski definition) is 2. The zero-order valence-electron chi connectivity index (χ0n) is 14.3. The van der Waals surface area contributed by atoms with Gasteiger partial charge < -0.3 is 15.5 Å². The van der Waals surface area contributed by atoms with Crippen LogP contribution in [0.5, 0.6) is 0 Å². The Morgan fingerprint density at radius 2 is 2.00 bits per heavy atom. The van der Waals surface area contributed by atoms with Crippen molar-refractivity contribution in [2.24, 2.45) is 5.92 Å². The number of carbonyl (C=O) groups is 2. The molecule has 1 aromatic carbocycles. The summed E-state index contributed by atoms with van der Waals surface area (Å²) in [4.78, 5) is 26.2. The fourth-order valence-corrected chi connectivity index (χ4v) is 2.86. The number of carbonyl (C=O) groups excluding carboxylic acids is 2. The van der Waals surface area contributed by atoms with Crippen LogP contribution in [0.15, 0.2) is 24.3 Å². The zero-order valence-corrected chi connectivity index (χ0v) is 14.3. The minimum Gasteiger partial charge on any atom is -0.354 e. The molecule has 0 saturated carbocycles. The fraction of sp³-hybridized carbons (Fsp3) is 0.556. The van der Waals surface area contributed by atoms with E-state index in [-0.39, 0.29) is 30.2 Å². The predicted octanol–water partition coefficient (Wildman–Crippen LogP) is 1.72. The summed E-state index contributed by atoms with van der Waals surface area (Å²) < 4.78 is 0. The molecule has 2 rings (SSSR count). The largest absolute Gasteiger partial charge is 0.354 e. The lowest BCUT2D eigenvalue weighted by Gasteiger charge is -2.18. The summed E-state index contributed by atoms with van der Waals surface area (Å²) in [5.74, 6) is -0.271.